The fourth-order valence-corrected chi connectivity index (χ4v) is 3.03. The summed E-state index contributed by atoms with van der Waals surface area (Å²) in [5.74, 6) is 0.362. The molecule has 0 radical (unpaired) electrons. The Balaban J connectivity index is 1.87. The number of rotatable bonds is 3. The van der Waals surface area contributed by atoms with Crippen molar-refractivity contribution in [3.05, 3.63) is 0 Å². The van der Waals surface area contributed by atoms with Crippen molar-refractivity contribution < 1.29 is 4.79 Å². The molecule has 0 aromatic rings. The molecule has 2 rings (SSSR count). The summed E-state index contributed by atoms with van der Waals surface area (Å²) in [4.78, 5) is 13.8. The highest BCUT2D eigenvalue weighted by molar-refractivity contribution is 5.79. The molecule has 1 aliphatic carbocycles. The van der Waals surface area contributed by atoms with Crippen LogP contribution in [0.25, 0.3) is 0 Å². The van der Waals surface area contributed by atoms with Gasteiger partial charge in [-0.25, -0.2) is 0 Å². The molecular weight excluding hydrogens is 188 g/mol. The first-order valence-electron chi connectivity index (χ1n) is 6.08. The molecule has 1 saturated heterocycles. The maximum atomic E-state index is 11.6. The summed E-state index contributed by atoms with van der Waals surface area (Å²) in [6.45, 7) is 7.56. The van der Waals surface area contributed by atoms with Crippen LogP contribution in [0.2, 0.25) is 0 Å². The molecule has 0 unspecified atom stereocenters. The fraction of sp³-hybridized carbons (Fsp3) is 0.917. The summed E-state index contributed by atoms with van der Waals surface area (Å²) in [5.41, 5.74) is 0.153. The Hall–Kier alpha value is -0.570. The highest BCUT2D eigenvalue weighted by Gasteiger charge is 2.47. The topological polar surface area (TPSA) is 32.3 Å². The summed E-state index contributed by atoms with van der Waals surface area (Å²) < 4.78 is 0. The van der Waals surface area contributed by atoms with E-state index >= 15 is 0 Å². The Morgan fingerprint density at radius 2 is 2.13 bits per heavy atom. The molecule has 0 aromatic carbocycles. The van der Waals surface area contributed by atoms with Crippen molar-refractivity contribution in [1.29, 1.82) is 0 Å². The van der Waals surface area contributed by atoms with Crippen molar-refractivity contribution in [2.75, 3.05) is 6.54 Å². The van der Waals surface area contributed by atoms with Crippen LogP contribution in [0.1, 0.15) is 46.5 Å². The van der Waals surface area contributed by atoms with E-state index in [0.29, 0.717) is 18.0 Å². The van der Waals surface area contributed by atoms with Gasteiger partial charge in [-0.1, -0.05) is 13.8 Å². The van der Waals surface area contributed by atoms with Crippen LogP contribution >= 0.6 is 0 Å². The zero-order chi connectivity index (χ0) is 11.1. The van der Waals surface area contributed by atoms with Crippen molar-refractivity contribution in [3.8, 4) is 0 Å². The van der Waals surface area contributed by atoms with Crippen molar-refractivity contribution in [3.63, 3.8) is 0 Å². The standard InChI is InChI=1S/C12H22N2O/c1-9(2)13-10-7-12(3,8-10)14-6-4-5-11(14)15/h9-10,13H,4-8H2,1-3H3/t10-,12-. The number of hydrogen-bond donors (Lipinski definition) is 1. The summed E-state index contributed by atoms with van der Waals surface area (Å²) in [6.07, 6.45) is 4.06. The zero-order valence-corrected chi connectivity index (χ0v) is 10.0. The van der Waals surface area contributed by atoms with Crippen LogP contribution in [-0.4, -0.2) is 35.0 Å². The molecule has 3 nitrogen and oxygen atoms in total. The van der Waals surface area contributed by atoms with Gasteiger partial charge in [0.1, 0.15) is 0 Å². The number of likely N-dealkylation sites (tertiary alicyclic amines) is 1. The minimum Gasteiger partial charge on any atom is -0.337 e. The van der Waals surface area contributed by atoms with Gasteiger partial charge in [-0.2, -0.15) is 0 Å². The van der Waals surface area contributed by atoms with Crippen molar-refractivity contribution >= 4 is 5.91 Å². The SMILES string of the molecule is CC(C)N[C@H]1C[C@](C)(N2CCCC2=O)C1. The maximum Gasteiger partial charge on any atom is 0.223 e. The van der Waals surface area contributed by atoms with Gasteiger partial charge < -0.3 is 10.2 Å². The number of nitrogens with zero attached hydrogens (tertiary/aromatic N) is 1. The van der Waals surface area contributed by atoms with Crippen LogP contribution in [0.4, 0.5) is 0 Å². The fourth-order valence-electron chi connectivity index (χ4n) is 3.03. The van der Waals surface area contributed by atoms with Gasteiger partial charge in [0.05, 0.1) is 0 Å². The minimum absolute atomic E-state index is 0.153. The van der Waals surface area contributed by atoms with Crippen molar-refractivity contribution in [2.45, 2.75) is 64.1 Å². The lowest BCUT2D eigenvalue weighted by atomic mass is 9.72. The van der Waals surface area contributed by atoms with Gasteiger partial charge in [-0.05, 0) is 26.2 Å². The van der Waals surface area contributed by atoms with Crippen LogP contribution in [0.3, 0.4) is 0 Å². The number of carbonyl (C=O) groups is 1. The molecule has 1 saturated carbocycles. The van der Waals surface area contributed by atoms with E-state index in [0.717, 1.165) is 32.2 Å². The molecule has 0 bridgehead atoms. The van der Waals surface area contributed by atoms with E-state index < -0.39 is 0 Å². The molecular formula is C12H22N2O. The average molecular weight is 210 g/mol. The van der Waals surface area contributed by atoms with E-state index in [1.54, 1.807) is 0 Å². The largest absolute Gasteiger partial charge is 0.337 e. The molecule has 2 aliphatic rings. The van der Waals surface area contributed by atoms with Gasteiger partial charge in [0.2, 0.25) is 5.91 Å². The highest BCUT2D eigenvalue weighted by Crippen LogP contribution is 2.39. The number of hydrogen-bond acceptors (Lipinski definition) is 2. The monoisotopic (exact) mass is 210 g/mol. The average Bonchev–Trinajstić information content (AvgIpc) is 2.47. The molecule has 0 atom stereocenters. The number of amides is 1. The van der Waals surface area contributed by atoms with Gasteiger partial charge in [0.15, 0.2) is 0 Å². The third-order valence-corrected chi connectivity index (χ3v) is 3.67. The summed E-state index contributed by atoms with van der Waals surface area (Å²) in [5, 5.41) is 3.53. The smallest absolute Gasteiger partial charge is 0.223 e. The van der Waals surface area contributed by atoms with Crippen molar-refractivity contribution in [2.24, 2.45) is 0 Å². The van der Waals surface area contributed by atoms with E-state index in [4.69, 9.17) is 0 Å². The Kier molecular flexibility index (Phi) is 2.75. The van der Waals surface area contributed by atoms with Crippen LogP contribution in [-0.2, 0) is 4.79 Å². The second kappa shape index (κ2) is 3.78. The first-order valence-corrected chi connectivity index (χ1v) is 6.08. The lowest BCUT2D eigenvalue weighted by molar-refractivity contribution is -0.136. The van der Waals surface area contributed by atoms with E-state index in [-0.39, 0.29) is 5.54 Å². The molecule has 15 heavy (non-hydrogen) atoms. The molecule has 1 aliphatic heterocycles. The first kappa shape index (κ1) is 10.9. The first-order chi connectivity index (χ1) is 7.01. The Bertz CT molecular complexity index is 256. The van der Waals surface area contributed by atoms with Gasteiger partial charge in [-0.15, -0.1) is 0 Å². The van der Waals surface area contributed by atoms with E-state index in [9.17, 15) is 4.79 Å². The third-order valence-electron chi connectivity index (χ3n) is 3.67. The van der Waals surface area contributed by atoms with Gasteiger partial charge in [-0.3, -0.25) is 4.79 Å². The predicted octanol–water partition coefficient (Wildman–Crippen LogP) is 1.53. The molecule has 1 amide bonds. The molecule has 0 aromatic heterocycles. The van der Waals surface area contributed by atoms with E-state index in [1.165, 1.54) is 0 Å². The number of carbonyl (C=O) groups excluding carboxylic acids is 1. The second-order valence-electron chi connectivity index (χ2n) is 5.57. The molecule has 1 heterocycles. The maximum absolute atomic E-state index is 11.6. The molecule has 1 N–H and O–H groups in total. The molecule has 86 valence electrons. The summed E-state index contributed by atoms with van der Waals surface area (Å²) in [7, 11) is 0. The number of nitrogens with one attached hydrogen (secondary N) is 1. The van der Waals surface area contributed by atoms with Crippen LogP contribution < -0.4 is 5.32 Å². The van der Waals surface area contributed by atoms with Crippen molar-refractivity contribution in [1.82, 2.24) is 10.2 Å². The van der Waals surface area contributed by atoms with E-state index in [2.05, 4.69) is 31.0 Å². The molecule has 0 spiro atoms. The quantitative estimate of drug-likeness (QED) is 0.766. The van der Waals surface area contributed by atoms with Gasteiger partial charge in [0, 0.05) is 30.6 Å². The summed E-state index contributed by atoms with van der Waals surface area (Å²) in [6, 6.07) is 1.16. The Labute approximate surface area is 92.2 Å². The molecule has 2 fully saturated rings. The van der Waals surface area contributed by atoms with Crippen LogP contribution in [0, 0.1) is 0 Å². The Morgan fingerprint density at radius 1 is 1.47 bits per heavy atom. The van der Waals surface area contributed by atoms with E-state index in [1.807, 2.05) is 0 Å². The zero-order valence-electron chi connectivity index (χ0n) is 10.0. The lowest BCUT2D eigenvalue weighted by Gasteiger charge is -2.51. The lowest BCUT2D eigenvalue weighted by Crippen LogP contribution is -2.62. The normalized spacial score (nSPS) is 36.1. The second-order valence-corrected chi connectivity index (χ2v) is 5.57. The van der Waals surface area contributed by atoms with Crippen LogP contribution in [0.5, 0.6) is 0 Å². The van der Waals surface area contributed by atoms with Gasteiger partial charge >= 0.3 is 0 Å². The van der Waals surface area contributed by atoms with Gasteiger partial charge in [0.25, 0.3) is 0 Å². The highest BCUT2D eigenvalue weighted by atomic mass is 16.2. The third kappa shape index (κ3) is 2.03. The Morgan fingerprint density at radius 3 is 2.60 bits per heavy atom. The predicted molar refractivity (Wildman–Crippen MR) is 60.6 cm³/mol. The van der Waals surface area contributed by atoms with Crippen LogP contribution in [0.15, 0.2) is 0 Å². The molecule has 3 heteroatoms. The minimum atomic E-state index is 0.153. The summed E-state index contributed by atoms with van der Waals surface area (Å²) >= 11 is 0.